The fourth-order valence-electron chi connectivity index (χ4n) is 2.16. The van der Waals surface area contributed by atoms with Gasteiger partial charge >= 0.3 is 0 Å². The molecule has 2 rings (SSSR count). The Morgan fingerprint density at radius 3 is 2.93 bits per heavy atom. The van der Waals surface area contributed by atoms with E-state index in [1.807, 2.05) is 12.4 Å². The van der Waals surface area contributed by atoms with Gasteiger partial charge in [0.15, 0.2) is 0 Å². The Morgan fingerprint density at radius 1 is 1.60 bits per heavy atom. The predicted molar refractivity (Wildman–Crippen MR) is 61.7 cm³/mol. The van der Waals surface area contributed by atoms with Gasteiger partial charge in [-0.25, -0.2) is 4.98 Å². The Bertz CT molecular complexity index is 302. The molecule has 1 aliphatic rings. The number of hydrogen-bond acceptors (Lipinski definition) is 2. The standard InChI is InChI=1S/C12H21N3/c1-10(11-4-3-5-11)13-7-6-12-14-8-9-15(12)2/h8-11,13H,3-7H2,1-2H3. The summed E-state index contributed by atoms with van der Waals surface area (Å²) in [7, 11) is 2.05. The largest absolute Gasteiger partial charge is 0.338 e. The molecule has 1 aromatic rings. The fourth-order valence-corrected chi connectivity index (χ4v) is 2.16. The Balaban J connectivity index is 1.68. The van der Waals surface area contributed by atoms with Gasteiger partial charge in [0, 0.05) is 38.4 Å². The maximum atomic E-state index is 4.31. The van der Waals surface area contributed by atoms with E-state index in [2.05, 4.69) is 28.8 Å². The van der Waals surface area contributed by atoms with Crippen LogP contribution in [0.5, 0.6) is 0 Å². The Kier molecular flexibility index (Phi) is 3.41. The summed E-state index contributed by atoms with van der Waals surface area (Å²) in [4.78, 5) is 4.31. The van der Waals surface area contributed by atoms with E-state index in [1.165, 1.54) is 25.1 Å². The van der Waals surface area contributed by atoms with Gasteiger partial charge in [-0.2, -0.15) is 0 Å². The topological polar surface area (TPSA) is 29.9 Å². The summed E-state index contributed by atoms with van der Waals surface area (Å²) >= 11 is 0. The molecular formula is C12H21N3. The van der Waals surface area contributed by atoms with Gasteiger partial charge in [-0.05, 0) is 25.7 Å². The third-order valence-corrected chi connectivity index (χ3v) is 3.59. The van der Waals surface area contributed by atoms with Gasteiger partial charge in [-0.15, -0.1) is 0 Å². The lowest BCUT2D eigenvalue weighted by atomic mass is 9.80. The molecule has 1 heterocycles. The zero-order chi connectivity index (χ0) is 10.7. The third-order valence-electron chi connectivity index (χ3n) is 3.59. The first-order valence-electron chi connectivity index (χ1n) is 5.97. The summed E-state index contributed by atoms with van der Waals surface area (Å²) in [6, 6.07) is 0.680. The van der Waals surface area contributed by atoms with Gasteiger partial charge in [0.05, 0.1) is 0 Å². The second-order valence-corrected chi connectivity index (χ2v) is 4.64. The van der Waals surface area contributed by atoms with Crippen molar-refractivity contribution in [3.8, 4) is 0 Å². The molecule has 0 bridgehead atoms. The molecule has 3 heteroatoms. The molecule has 0 radical (unpaired) electrons. The van der Waals surface area contributed by atoms with Crippen LogP contribution in [-0.4, -0.2) is 22.1 Å². The zero-order valence-corrected chi connectivity index (χ0v) is 9.74. The number of rotatable bonds is 5. The van der Waals surface area contributed by atoms with Crippen LogP contribution in [0.4, 0.5) is 0 Å². The summed E-state index contributed by atoms with van der Waals surface area (Å²) in [5.74, 6) is 2.09. The summed E-state index contributed by atoms with van der Waals surface area (Å²) < 4.78 is 2.09. The minimum atomic E-state index is 0.680. The summed E-state index contributed by atoms with van der Waals surface area (Å²) in [6.45, 7) is 3.35. The molecule has 1 N–H and O–H groups in total. The molecular weight excluding hydrogens is 186 g/mol. The van der Waals surface area contributed by atoms with Gasteiger partial charge in [0.25, 0.3) is 0 Å². The number of aryl methyl sites for hydroxylation is 1. The van der Waals surface area contributed by atoms with Crippen LogP contribution in [0.25, 0.3) is 0 Å². The molecule has 0 saturated heterocycles. The number of aromatic nitrogens is 2. The van der Waals surface area contributed by atoms with Crippen LogP contribution < -0.4 is 5.32 Å². The number of hydrogen-bond donors (Lipinski definition) is 1. The van der Waals surface area contributed by atoms with Crippen LogP contribution in [0.15, 0.2) is 12.4 Å². The quantitative estimate of drug-likeness (QED) is 0.797. The molecule has 1 saturated carbocycles. The minimum Gasteiger partial charge on any atom is -0.338 e. The van der Waals surface area contributed by atoms with E-state index in [0.29, 0.717) is 6.04 Å². The van der Waals surface area contributed by atoms with Crippen molar-refractivity contribution in [3.05, 3.63) is 18.2 Å². The highest BCUT2D eigenvalue weighted by Crippen LogP contribution is 2.29. The van der Waals surface area contributed by atoms with Gasteiger partial charge in [0.2, 0.25) is 0 Å². The van der Waals surface area contributed by atoms with Crippen molar-refractivity contribution in [2.24, 2.45) is 13.0 Å². The average Bonchev–Trinajstić information content (AvgIpc) is 2.49. The second-order valence-electron chi connectivity index (χ2n) is 4.64. The van der Waals surface area contributed by atoms with Crippen molar-refractivity contribution in [3.63, 3.8) is 0 Å². The van der Waals surface area contributed by atoms with E-state index in [-0.39, 0.29) is 0 Å². The maximum absolute atomic E-state index is 4.31. The lowest BCUT2D eigenvalue weighted by molar-refractivity contribution is 0.241. The highest BCUT2D eigenvalue weighted by Gasteiger charge is 2.23. The predicted octanol–water partition coefficient (Wildman–Crippen LogP) is 1.74. The maximum Gasteiger partial charge on any atom is 0.109 e. The van der Waals surface area contributed by atoms with E-state index < -0.39 is 0 Å². The molecule has 84 valence electrons. The number of nitrogens with one attached hydrogen (secondary N) is 1. The monoisotopic (exact) mass is 207 g/mol. The van der Waals surface area contributed by atoms with Crippen LogP contribution in [0, 0.1) is 5.92 Å². The highest BCUT2D eigenvalue weighted by atomic mass is 15.0. The van der Waals surface area contributed by atoms with Gasteiger partial charge in [-0.3, -0.25) is 0 Å². The molecule has 0 aromatic carbocycles. The minimum absolute atomic E-state index is 0.680. The van der Waals surface area contributed by atoms with Crippen LogP contribution >= 0.6 is 0 Å². The molecule has 1 aliphatic carbocycles. The molecule has 1 unspecified atom stereocenters. The van der Waals surface area contributed by atoms with Crippen molar-refractivity contribution in [2.75, 3.05) is 6.54 Å². The van der Waals surface area contributed by atoms with Gasteiger partial charge in [0.1, 0.15) is 5.82 Å². The van der Waals surface area contributed by atoms with Crippen molar-refractivity contribution in [2.45, 2.75) is 38.6 Å². The zero-order valence-electron chi connectivity index (χ0n) is 9.74. The van der Waals surface area contributed by atoms with Gasteiger partial charge < -0.3 is 9.88 Å². The van der Waals surface area contributed by atoms with Crippen LogP contribution in [0.1, 0.15) is 32.0 Å². The molecule has 0 amide bonds. The first kappa shape index (κ1) is 10.7. The first-order valence-corrected chi connectivity index (χ1v) is 5.97. The van der Waals surface area contributed by atoms with Crippen LogP contribution in [0.3, 0.4) is 0 Å². The molecule has 1 fully saturated rings. The molecule has 3 nitrogen and oxygen atoms in total. The molecule has 1 atom stereocenters. The summed E-state index contributed by atoms with van der Waals surface area (Å²) in [5.41, 5.74) is 0. The Labute approximate surface area is 91.9 Å². The lowest BCUT2D eigenvalue weighted by Gasteiger charge is -2.32. The summed E-state index contributed by atoms with van der Waals surface area (Å²) in [6.07, 6.45) is 9.15. The van der Waals surface area contributed by atoms with Crippen molar-refractivity contribution in [1.82, 2.24) is 14.9 Å². The summed E-state index contributed by atoms with van der Waals surface area (Å²) in [5, 5.41) is 3.60. The molecule has 1 aromatic heterocycles. The van der Waals surface area contributed by atoms with Crippen LogP contribution in [-0.2, 0) is 13.5 Å². The highest BCUT2D eigenvalue weighted by molar-refractivity contribution is 4.92. The molecule has 0 aliphatic heterocycles. The Hall–Kier alpha value is -0.830. The van der Waals surface area contributed by atoms with Crippen molar-refractivity contribution in [1.29, 1.82) is 0 Å². The van der Waals surface area contributed by atoms with E-state index in [1.54, 1.807) is 0 Å². The van der Waals surface area contributed by atoms with Gasteiger partial charge in [-0.1, -0.05) is 6.42 Å². The second kappa shape index (κ2) is 4.79. The normalized spacial score (nSPS) is 18.8. The first-order chi connectivity index (χ1) is 7.27. The van der Waals surface area contributed by atoms with Crippen molar-refractivity contribution >= 4 is 0 Å². The van der Waals surface area contributed by atoms with E-state index in [4.69, 9.17) is 0 Å². The lowest BCUT2D eigenvalue weighted by Crippen LogP contribution is -2.38. The van der Waals surface area contributed by atoms with E-state index in [9.17, 15) is 0 Å². The van der Waals surface area contributed by atoms with Crippen LogP contribution in [0.2, 0.25) is 0 Å². The van der Waals surface area contributed by atoms with Crippen molar-refractivity contribution < 1.29 is 0 Å². The third kappa shape index (κ3) is 2.59. The molecule has 15 heavy (non-hydrogen) atoms. The smallest absolute Gasteiger partial charge is 0.109 e. The van der Waals surface area contributed by atoms with E-state index >= 15 is 0 Å². The number of imidazole rings is 1. The SMILES string of the molecule is CC(NCCc1nccn1C)C1CCC1. The fraction of sp³-hybridized carbons (Fsp3) is 0.750. The molecule has 0 spiro atoms. The Morgan fingerprint density at radius 2 is 2.40 bits per heavy atom. The number of nitrogens with zero attached hydrogens (tertiary/aromatic N) is 2. The van der Waals surface area contributed by atoms with E-state index in [0.717, 1.165) is 18.9 Å². The average molecular weight is 207 g/mol.